The molecular formula is C28H40O7. The first-order valence-corrected chi connectivity index (χ1v) is 13.6. The molecule has 0 spiro atoms. The fourth-order valence-corrected chi connectivity index (χ4v) is 8.98. The SMILES string of the molecule is CCCCC(=O)OC1CCC2(C=O)C3CCC4(C)C(C5=CC(=O)OC5)CCC4(O)C3CCC2(O)C1. The Morgan fingerprint density at radius 3 is 2.60 bits per heavy atom. The van der Waals surface area contributed by atoms with Crippen LogP contribution in [0.5, 0.6) is 0 Å². The third kappa shape index (κ3) is 3.55. The summed E-state index contributed by atoms with van der Waals surface area (Å²) in [6.07, 6.45) is 9.61. The maximum absolute atomic E-state index is 12.8. The Labute approximate surface area is 207 Å². The van der Waals surface area contributed by atoms with Crippen LogP contribution in [0.3, 0.4) is 0 Å². The molecule has 0 aromatic carbocycles. The smallest absolute Gasteiger partial charge is 0.331 e. The lowest BCUT2D eigenvalue weighted by atomic mass is 9.41. The van der Waals surface area contributed by atoms with Crippen LogP contribution >= 0.6 is 0 Å². The molecule has 5 aliphatic rings. The fraction of sp³-hybridized carbons (Fsp3) is 0.821. The van der Waals surface area contributed by atoms with Crippen molar-refractivity contribution in [1.82, 2.24) is 0 Å². The van der Waals surface area contributed by atoms with Crippen molar-refractivity contribution in [2.45, 2.75) is 108 Å². The maximum atomic E-state index is 12.8. The summed E-state index contributed by atoms with van der Waals surface area (Å²) in [5.41, 5.74) is -2.51. The first-order chi connectivity index (χ1) is 16.6. The van der Waals surface area contributed by atoms with E-state index >= 15 is 0 Å². The van der Waals surface area contributed by atoms with Crippen molar-refractivity contribution in [3.63, 3.8) is 0 Å². The Kier molecular flexibility index (Phi) is 6.19. The second-order valence-corrected chi connectivity index (χ2v) is 12.2. The average molecular weight is 489 g/mol. The van der Waals surface area contributed by atoms with Crippen molar-refractivity contribution >= 4 is 18.2 Å². The molecular weight excluding hydrogens is 448 g/mol. The molecule has 0 bridgehead atoms. The predicted octanol–water partition coefficient (Wildman–Crippen LogP) is 3.64. The van der Waals surface area contributed by atoms with Crippen molar-refractivity contribution in [3.05, 3.63) is 11.6 Å². The summed E-state index contributed by atoms with van der Waals surface area (Å²) in [7, 11) is 0. The van der Waals surface area contributed by atoms with E-state index in [9.17, 15) is 24.6 Å². The van der Waals surface area contributed by atoms with E-state index in [1.807, 2.05) is 6.92 Å². The number of esters is 2. The molecule has 0 aromatic heterocycles. The fourth-order valence-electron chi connectivity index (χ4n) is 8.98. The van der Waals surface area contributed by atoms with Crippen LogP contribution in [0.2, 0.25) is 0 Å². The molecule has 7 nitrogen and oxygen atoms in total. The second-order valence-electron chi connectivity index (χ2n) is 12.2. The van der Waals surface area contributed by atoms with Gasteiger partial charge in [0.15, 0.2) is 0 Å². The number of unbranched alkanes of at least 4 members (excludes halogenated alkanes) is 1. The van der Waals surface area contributed by atoms with Crippen molar-refractivity contribution in [2.75, 3.05) is 6.61 Å². The lowest BCUT2D eigenvalue weighted by Gasteiger charge is -2.65. The van der Waals surface area contributed by atoms with Gasteiger partial charge < -0.3 is 24.5 Å². The van der Waals surface area contributed by atoms with Gasteiger partial charge in [-0.15, -0.1) is 0 Å². The van der Waals surface area contributed by atoms with Crippen LogP contribution in [-0.4, -0.2) is 52.4 Å². The van der Waals surface area contributed by atoms with E-state index in [2.05, 4.69) is 6.92 Å². The van der Waals surface area contributed by atoms with Gasteiger partial charge in [-0.2, -0.15) is 0 Å². The Morgan fingerprint density at radius 2 is 1.91 bits per heavy atom. The number of hydrogen-bond acceptors (Lipinski definition) is 7. The van der Waals surface area contributed by atoms with Crippen LogP contribution in [0.25, 0.3) is 0 Å². The second kappa shape index (κ2) is 8.69. The Hall–Kier alpha value is -1.73. The van der Waals surface area contributed by atoms with Crippen molar-refractivity contribution in [2.24, 2.45) is 28.6 Å². The lowest BCUT2D eigenvalue weighted by molar-refractivity contribution is -0.249. The van der Waals surface area contributed by atoms with Gasteiger partial charge in [0.05, 0.1) is 16.6 Å². The topological polar surface area (TPSA) is 110 Å². The first-order valence-electron chi connectivity index (χ1n) is 13.6. The van der Waals surface area contributed by atoms with E-state index in [4.69, 9.17) is 9.47 Å². The summed E-state index contributed by atoms with van der Waals surface area (Å²) in [6.45, 7) is 4.48. The molecule has 8 unspecified atom stereocenters. The highest BCUT2D eigenvalue weighted by molar-refractivity contribution is 5.85. The lowest BCUT2D eigenvalue weighted by Crippen LogP contribution is -2.69. The summed E-state index contributed by atoms with van der Waals surface area (Å²) < 4.78 is 10.9. The van der Waals surface area contributed by atoms with E-state index in [-0.39, 0.29) is 47.6 Å². The van der Waals surface area contributed by atoms with E-state index in [0.29, 0.717) is 45.1 Å². The van der Waals surface area contributed by atoms with Crippen molar-refractivity contribution in [1.29, 1.82) is 0 Å². The number of cyclic esters (lactones) is 1. The van der Waals surface area contributed by atoms with Gasteiger partial charge in [-0.25, -0.2) is 4.79 Å². The van der Waals surface area contributed by atoms with E-state index in [1.54, 1.807) is 6.08 Å². The number of carbonyl (C=O) groups is 3. The zero-order chi connectivity index (χ0) is 25.1. The zero-order valence-corrected chi connectivity index (χ0v) is 21.1. The molecule has 2 N–H and O–H groups in total. The molecule has 1 heterocycles. The van der Waals surface area contributed by atoms with Crippen LogP contribution in [0.15, 0.2) is 11.6 Å². The monoisotopic (exact) mass is 488 g/mol. The number of rotatable bonds is 6. The van der Waals surface area contributed by atoms with Gasteiger partial charge in [0.1, 0.15) is 19.0 Å². The Morgan fingerprint density at radius 1 is 1.14 bits per heavy atom. The van der Waals surface area contributed by atoms with E-state index in [0.717, 1.165) is 44.0 Å². The number of carbonyl (C=O) groups excluding carboxylic acids is 3. The van der Waals surface area contributed by atoms with Gasteiger partial charge in [-0.1, -0.05) is 20.3 Å². The van der Waals surface area contributed by atoms with Crippen LogP contribution in [0.1, 0.15) is 90.9 Å². The molecule has 0 amide bonds. The highest BCUT2D eigenvalue weighted by Gasteiger charge is 2.71. The highest BCUT2D eigenvalue weighted by atomic mass is 16.5. The summed E-state index contributed by atoms with van der Waals surface area (Å²) in [6, 6.07) is 0. The molecule has 194 valence electrons. The number of ether oxygens (including phenoxy) is 2. The molecule has 35 heavy (non-hydrogen) atoms. The normalized spacial score (nSPS) is 46.6. The zero-order valence-electron chi connectivity index (χ0n) is 21.1. The van der Waals surface area contributed by atoms with Gasteiger partial charge in [-0.05, 0) is 81.1 Å². The quantitative estimate of drug-likeness (QED) is 0.434. The molecule has 8 atom stereocenters. The molecule has 1 aliphatic heterocycles. The number of aliphatic hydroxyl groups is 2. The van der Waals surface area contributed by atoms with E-state index < -0.39 is 16.6 Å². The molecule has 4 aliphatic carbocycles. The van der Waals surface area contributed by atoms with E-state index in [1.165, 1.54) is 0 Å². The predicted molar refractivity (Wildman–Crippen MR) is 127 cm³/mol. The molecule has 4 fully saturated rings. The number of hydrogen-bond donors (Lipinski definition) is 2. The summed E-state index contributed by atoms with van der Waals surface area (Å²) in [4.78, 5) is 36.8. The van der Waals surface area contributed by atoms with Crippen LogP contribution in [0, 0.1) is 28.6 Å². The van der Waals surface area contributed by atoms with Gasteiger partial charge >= 0.3 is 11.9 Å². The average Bonchev–Trinajstić information content (AvgIpc) is 3.37. The Bertz CT molecular complexity index is 928. The summed E-state index contributed by atoms with van der Waals surface area (Å²) in [5.74, 6) is -0.633. The summed E-state index contributed by atoms with van der Waals surface area (Å²) >= 11 is 0. The largest absolute Gasteiger partial charge is 0.462 e. The van der Waals surface area contributed by atoms with Crippen LogP contribution < -0.4 is 0 Å². The van der Waals surface area contributed by atoms with Crippen molar-refractivity contribution in [3.8, 4) is 0 Å². The van der Waals surface area contributed by atoms with Crippen molar-refractivity contribution < 1.29 is 34.1 Å². The molecule has 0 aromatic rings. The number of aldehydes is 1. The molecule has 0 radical (unpaired) electrons. The maximum Gasteiger partial charge on any atom is 0.331 e. The standard InChI is InChI=1S/C28H40O7/c1-3-4-5-23(30)35-19-6-11-26(17-29)21-7-10-25(2)20(18-14-24(31)34-16-18)9-13-28(25,33)22(21)8-12-27(26,32)15-19/h14,17,19-22,32-33H,3-13,15-16H2,1-2H3. The molecule has 0 saturated heterocycles. The van der Waals surface area contributed by atoms with Gasteiger partial charge in [0.2, 0.25) is 0 Å². The van der Waals surface area contributed by atoms with Crippen LogP contribution in [-0.2, 0) is 23.9 Å². The minimum absolute atomic E-state index is 0.0843. The summed E-state index contributed by atoms with van der Waals surface area (Å²) in [5, 5.41) is 24.2. The minimum atomic E-state index is -1.22. The minimum Gasteiger partial charge on any atom is -0.462 e. The van der Waals surface area contributed by atoms with Gasteiger partial charge in [0, 0.05) is 24.3 Å². The Balaban J connectivity index is 1.38. The molecule has 5 rings (SSSR count). The van der Waals surface area contributed by atoms with Crippen LogP contribution in [0.4, 0.5) is 0 Å². The third-order valence-electron chi connectivity index (χ3n) is 10.9. The third-order valence-corrected chi connectivity index (χ3v) is 10.9. The van der Waals surface area contributed by atoms with Gasteiger partial charge in [-0.3, -0.25) is 4.79 Å². The number of fused-ring (bicyclic) bond motifs is 5. The highest BCUT2D eigenvalue weighted by Crippen LogP contribution is 2.70. The molecule has 4 saturated carbocycles. The van der Waals surface area contributed by atoms with Gasteiger partial charge in [0.25, 0.3) is 0 Å². The molecule has 7 heteroatoms. The first kappa shape index (κ1) is 24.9.